The third kappa shape index (κ3) is 7.86. The second-order valence-corrected chi connectivity index (χ2v) is 9.13. The van der Waals surface area contributed by atoms with E-state index in [2.05, 4.69) is 15.0 Å². The van der Waals surface area contributed by atoms with Gasteiger partial charge in [-0.1, -0.05) is 30.3 Å². The number of anilines is 1. The number of methoxy groups -OCH3 is 1. The average molecular weight is 457 g/mol. The molecular formula is C26H33FN2O4. The van der Waals surface area contributed by atoms with Crippen molar-refractivity contribution in [3.8, 4) is 16.9 Å². The molecule has 3 rings (SSSR count). The van der Waals surface area contributed by atoms with Crippen molar-refractivity contribution in [3.63, 3.8) is 0 Å². The number of rotatable bonds is 9. The van der Waals surface area contributed by atoms with Gasteiger partial charge in [-0.05, 0) is 63.4 Å². The lowest BCUT2D eigenvalue weighted by molar-refractivity contribution is -0.142. The first kappa shape index (κ1) is 24.7. The highest BCUT2D eigenvalue weighted by Crippen LogP contribution is 2.33. The van der Waals surface area contributed by atoms with Crippen LogP contribution in [0, 0.1) is 5.92 Å². The van der Waals surface area contributed by atoms with Gasteiger partial charge in [0.2, 0.25) is 5.91 Å². The Morgan fingerprint density at radius 1 is 1.12 bits per heavy atom. The molecule has 0 radical (unpaired) electrons. The van der Waals surface area contributed by atoms with Gasteiger partial charge in [0.25, 0.3) is 0 Å². The Labute approximate surface area is 195 Å². The number of hydrogen-bond acceptors (Lipinski definition) is 5. The normalized spacial score (nSPS) is 15.2. The van der Waals surface area contributed by atoms with Gasteiger partial charge in [-0.3, -0.25) is 9.59 Å². The molecule has 1 fully saturated rings. The van der Waals surface area contributed by atoms with Crippen molar-refractivity contribution in [3.05, 3.63) is 48.5 Å². The molecule has 0 saturated carbocycles. The fourth-order valence-electron chi connectivity index (χ4n) is 4.03. The fraction of sp³-hybridized carbons (Fsp3) is 0.462. The zero-order valence-corrected chi connectivity index (χ0v) is 19.6. The number of nitrogens with zero attached hydrogens (tertiary/aromatic N) is 1. The van der Waals surface area contributed by atoms with E-state index in [9.17, 15) is 14.0 Å². The molecule has 6 nitrogen and oxygen atoms in total. The summed E-state index contributed by atoms with van der Waals surface area (Å²) < 4.78 is 24.7. The minimum absolute atomic E-state index is 0.346. The number of halogens is 1. The Bertz CT molecular complexity index is 935. The van der Waals surface area contributed by atoms with E-state index >= 15 is 0 Å². The van der Waals surface area contributed by atoms with Crippen LogP contribution in [0.2, 0.25) is 0 Å². The molecule has 0 bridgehead atoms. The summed E-state index contributed by atoms with van der Waals surface area (Å²) >= 11 is 0. The van der Waals surface area contributed by atoms with E-state index in [1.165, 1.54) is 7.11 Å². The summed E-state index contributed by atoms with van der Waals surface area (Å²) in [5, 5.41) is 2.73. The maximum absolute atomic E-state index is 13.9. The quantitative estimate of drug-likeness (QED) is 0.438. The van der Waals surface area contributed by atoms with E-state index in [0.717, 1.165) is 37.1 Å². The van der Waals surface area contributed by atoms with Crippen molar-refractivity contribution in [2.45, 2.75) is 38.8 Å². The minimum atomic E-state index is -1.19. The van der Waals surface area contributed by atoms with Crippen molar-refractivity contribution < 1.29 is 23.5 Å². The van der Waals surface area contributed by atoms with Gasteiger partial charge >= 0.3 is 5.97 Å². The van der Waals surface area contributed by atoms with Gasteiger partial charge in [0.15, 0.2) is 0 Å². The van der Waals surface area contributed by atoms with Crippen LogP contribution in [0.4, 0.5) is 10.1 Å². The zero-order valence-electron chi connectivity index (χ0n) is 19.6. The number of amides is 1. The van der Waals surface area contributed by atoms with Crippen molar-refractivity contribution in [2.75, 3.05) is 38.7 Å². The Kier molecular flexibility index (Phi) is 8.44. The van der Waals surface area contributed by atoms with Gasteiger partial charge in [0, 0.05) is 23.9 Å². The largest absolute Gasteiger partial charge is 0.493 e. The average Bonchev–Trinajstić information content (AvgIpc) is 2.78. The predicted molar refractivity (Wildman–Crippen MR) is 127 cm³/mol. The summed E-state index contributed by atoms with van der Waals surface area (Å²) in [5.74, 6) is 0.0188. The Hall–Kier alpha value is -2.93. The van der Waals surface area contributed by atoms with Gasteiger partial charge in [-0.15, -0.1) is 0 Å². The summed E-state index contributed by atoms with van der Waals surface area (Å²) in [7, 11) is 1.25. The third-order valence-corrected chi connectivity index (χ3v) is 5.66. The lowest BCUT2D eigenvalue weighted by Gasteiger charge is -2.34. The molecule has 1 aliphatic heterocycles. The molecular weight excluding hydrogens is 423 g/mol. The molecule has 1 aliphatic rings. The summed E-state index contributed by atoms with van der Waals surface area (Å²) in [4.78, 5) is 25.6. The van der Waals surface area contributed by atoms with Crippen LogP contribution >= 0.6 is 0 Å². The summed E-state index contributed by atoms with van der Waals surface area (Å²) in [6.45, 7) is 5.94. The van der Waals surface area contributed by atoms with Crippen molar-refractivity contribution in [1.29, 1.82) is 0 Å². The first-order chi connectivity index (χ1) is 15.7. The number of nitrogens with one attached hydrogen (secondary N) is 1. The van der Waals surface area contributed by atoms with E-state index in [-0.39, 0.29) is 6.42 Å². The van der Waals surface area contributed by atoms with Crippen LogP contribution in [0.25, 0.3) is 11.1 Å². The number of hydrogen-bond donors (Lipinski definition) is 1. The lowest BCUT2D eigenvalue weighted by atomic mass is 9.96. The molecule has 1 saturated heterocycles. The molecule has 7 heteroatoms. The van der Waals surface area contributed by atoms with Crippen LogP contribution in [0.1, 0.15) is 33.1 Å². The number of esters is 1. The molecule has 0 atom stereocenters. The smallest absolute Gasteiger partial charge is 0.315 e. The fourth-order valence-corrected chi connectivity index (χ4v) is 4.03. The number of alkyl halides is 1. The summed E-state index contributed by atoms with van der Waals surface area (Å²) in [5.41, 5.74) is 1.31. The van der Waals surface area contributed by atoms with Gasteiger partial charge < -0.3 is 19.7 Å². The van der Waals surface area contributed by atoms with Gasteiger partial charge in [-0.2, -0.15) is 0 Å². The van der Waals surface area contributed by atoms with Gasteiger partial charge in [0.05, 0.1) is 13.7 Å². The number of piperidine rings is 1. The van der Waals surface area contributed by atoms with Crippen LogP contribution in [-0.2, 0) is 14.3 Å². The lowest BCUT2D eigenvalue weighted by Crippen LogP contribution is -2.41. The standard InChI is InChI=1S/C26H33FN2O4/c1-26(2,27)18-29-13-11-19(12-14-29)17-33-23-15-21(28-24(30)16-25(31)32-3)9-10-22(23)20-7-5-4-6-8-20/h4-10,15,19H,11-14,16-18H2,1-3H3,(H,28,30). The number of carbonyl (C=O) groups is 2. The summed E-state index contributed by atoms with van der Waals surface area (Å²) in [6, 6.07) is 15.4. The Balaban J connectivity index is 1.68. The van der Waals surface area contributed by atoms with Crippen LogP contribution in [0.3, 0.4) is 0 Å². The summed E-state index contributed by atoms with van der Waals surface area (Å²) in [6.07, 6.45) is 1.56. The van der Waals surface area contributed by atoms with E-state index in [1.54, 1.807) is 26.0 Å². The maximum Gasteiger partial charge on any atom is 0.315 e. The monoisotopic (exact) mass is 456 g/mol. The van der Waals surface area contributed by atoms with Crippen LogP contribution in [-0.4, -0.2) is 55.8 Å². The molecule has 0 aliphatic carbocycles. The van der Waals surface area contributed by atoms with Crippen LogP contribution in [0.5, 0.6) is 5.75 Å². The molecule has 1 heterocycles. The maximum atomic E-state index is 13.9. The number of carbonyl (C=O) groups excluding carboxylic acids is 2. The Morgan fingerprint density at radius 2 is 1.82 bits per heavy atom. The molecule has 1 N–H and O–H groups in total. The number of ether oxygens (including phenoxy) is 2. The second kappa shape index (κ2) is 11.3. The molecule has 2 aromatic carbocycles. The molecule has 0 aromatic heterocycles. The highest BCUT2D eigenvalue weighted by molar-refractivity contribution is 6.02. The third-order valence-electron chi connectivity index (χ3n) is 5.66. The van der Waals surface area contributed by atoms with E-state index in [0.29, 0.717) is 30.5 Å². The minimum Gasteiger partial charge on any atom is -0.493 e. The highest BCUT2D eigenvalue weighted by atomic mass is 19.1. The van der Waals surface area contributed by atoms with Crippen LogP contribution < -0.4 is 10.1 Å². The number of likely N-dealkylation sites (tertiary alicyclic amines) is 1. The Morgan fingerprint density at radius 3 is 2.45 bits per heavy atom. The number of benzene rings is 2. The van der Waals surface area contributed by atoms with Crippen LogP contribution in [0.15, 0.2) is 48.5 Å². The SMILES string of the molecule is COC(=O)CC(=O)Nc1ccc(-c2ccccc2)c(OCC2CCN(CC(C)(C)F)CC2)c1. The predicted octanol–water partition coefficient (Wildman–Crippen LogP) is 4.69. The molecule has 178 valence electrons. The van der Waals surface area contributed by atoms with Gasteiger partial charge in [0.1, 0.15) is 17.8 Å². The molecule has 0 unspecified atom stereocenters. The van der Waals surface area contributed by atoms with Crippen molar-refractivity contribution in [1.82, 2.24) is 4.90 Å². The second-order valence-electron chi connectivity index (χ2n) is 9.13. The highest BCUT2D eigenvalue weighted by Gasteiger charge is 2.25. The topological polar surface area (TPSA) is 67.9 Å². The molecule has 2 aromatic rings. The first-order valence-electron chi connectivity index (χ1n) is 11.3. The van der Waals surface area contributed by atoms with Crippen molar-refractivity contribution >= 4 is 17.6 Å². The van der Waals surface area contributed by atoms with Gasteiger partial charge in [-0.25, -0.2) is 4.39 Å². The first-order valence-corrected chi connectivity index (χ1v) is 11.3. The molecule has 0 spiro atoms. The van der Waals surface area contributed by atoms with E-state index in [4.69, 9.17) is 4.74 Å². The van der Waals surface area contributed by atoms with E-state index in [1.807, 2.05) is 36.4 Å². The van der Waals surface area contributed by atoms with E-state index < -0.39 is 17.5 Å². The van der Waals surface area contributed by atoms with Crippen molar-refractivity contribution in [2.24, 2.45) is 5.92 Å². The molecule has 1 amide bonds. The zero-order chi connectivity index (χ0) is 23.8. The molecule has 33 heavy (non-hydrogen) atoms.